The van der Waals surface area contributed by atoms with Gasteiger partial charge in [0, 0.05) is 23.2 Å². The van der Waals surface area contributed by atoms with Gasteiger partial charge in [-0.15, -0.1) is 11.8 Å². The molecule has 0 aliphatic heterocycles. The van der Waals surface area contributed by atoms with Crippen LogP contribution in [0.1, 0.15) is 24.2 Å². The Balaban J connectivity index is 1.99. The Labute approximate surface area is 166 Å². The van der Waals surface area contributed by atoms with Crippen LogP contribution >= 0.6 is 23.4 Å². The minimum atomic E-state index is -1.01. The molecular formula is C19H19ClN2O4S. The maximum Gasteiger partial charge on any atom is 0.340 e. The van der Waals surface area contributed by atoms with Gasteiger partial charge in [-0.3, -0.25) is 9.59 Å². The third-order valence-corrected chi connectivity index (χ3v) is 4.57. The summed E-state index contributed by atoms with van der Waals surface area (Å²) in [4.78, 5) is 36.4. The summed E-state index contributed by atoms with van der Waals surface area (Å²) in [5, 5.41) is 5.54. The molecule has 6 nitrogen and oxygen atoms in total. The van der Waals surface area contributed by atoms with Gasteiger partial charge in [-0.25, -0.2) is 4.79 Å². The molecule has 27 heavy (non-hydrogen) atoms. The van der Waals surface area contributed by atoms with Gasteiger partial charge in [0.05, 0.1) is 10.6 Å². The zero-order valence-corrected chi connectivity index (χ0v) is 16.6. The van der Waals surface area contributed by atoms with Crippen LogP contribution < -0.4 is 10.6 Å². The van der Waals surface area contributed by atoms with Gasteiger partial charge in [-0.2, -0.15) is 0 Å². The summed E-state index contributed by atoms with van der Waals surface area (Å²) in [6, 6.07) is 11.6. The maximum absolute atomic E-state index is 12.3. The molecule has 1 unspecified atom stereocenters. The number of hydrogen-bond donors (Lipinski definition) is 2. The molecule has 0 aliphatic carbocycles. The second kappa shape index (κ2) is 9.43. The molecule has 2 aromatic carbocycles. The van der Waals surface area contributed by atoms with E-state index >= 15 is 0 Å². The van der Waals surface area contributed by atoms with Gasteiger partial charge in [0.25, 0.3) is 5.91 Å². The molecule has 0 aliphatic rings. The van der Waals surface area contributed by atoms with Crippen LogP contribution in [0, 0.1) is 0 Å². The first kappa shape index (κ1) is 20.8. The predicted molar refractivity (Wildman–Crippen MR) is 107 cm³/mol. The Kier molecular flexibility index (Phi) is 7.27. The summed E-state index contributed by atoms with van der Waals surface area (Å²) in [7, 11) is 0. The SMILES string of the molecule is CSc1ccc(Cl)c(C(=O)OC(C)C(=O)Nc2ccc(NC(C)=O)cc2)c1. The summed E-state index contributed by atoms with van der Waals surface area (Å²) >= 11 is 7.52. The highest BCUT2D eigenvalue weighted by atomic mass is 35.5. The normalized spacial score (nSPS) is 11.4. The molecule has 1 atom stereocenters. The topological polar surface area (TPSA) is 84.5 Å². The number of carbonyl (C=O) groups is 3. The van der Waals surface area contributed by atoms with E-state index < -0.39 is 18.0 Å². The van der Waals surface area contributed by atoms with Crippen molar-refractivity contribution in [2.24, 2.45) is 0 Å². The number of esters is 1. The second-order valence-electron chi connectivity index (χ2n) is 5.64. The maximum atomic E-state index is 12.3. The molecular weight excluding hydrogens is 388 g/mol. The first-order chi connectivity index (χ1) is 12.8. The molecule has 0 heterocycles. The first-order valence-corrected chi connectivity index (χ1v) is 9.63. The number of amides is 2. The van der Waals surface area contributed by atoms with Gasteiger partial charge in [0.1, 0.15) is 0 Å². The number of carbonyl (C=O) groups excluding carboxylic acids is 3. The zero-order chi connectivity index (χ0) is 20.0. The Morgan fingerprint density at radius 2 is 1.63 bits per heavy atom. The van der Waals surface area contributed by atoms with Gasteiger partial charge in [-0.05, 0) is 55.6 Å². The molecule has 8 heteroatoms. The summed E-state index contributed by atoms with van der Waals surface area (Å²) < 4.78 is 5.23. The number of ether oxygens (including phenoxy) is 1. The van der Waals surface area contributed by atoms with Gasteiger partial charge in [0.2, 0.25) is 5.91 Å². The molecule has 0 saturated heterocycles. The summed E-state index contributed by atoms with van der Waals surface area (Å²) in [5.74, 6) is -1.33. The summed E-state index contributed by atoms with van der Waals surface area (Å²) in [5.41, 5.74) is 1.34. The average Bonchev–Trinajstić information content (AvgIpc) is 2.63. The standard InChI is InChI=1S/C19H19ClN2O4S/c1-11(26-19(25)16-10-15(27-3)8-9-17(16)20)18(24)22-14-6-4-13(5-7-14)21-12(2)23/h4-11H,1-3H3,(H,21,23)(H,22,24). The van der Waals surface area contributed by atoms with Crippen LogP contribution in [-0.2, 0) is 14.3 Å². The molecule has 0 saturated carbocycles. The zero-order valence-electron chi connectivity index (χ0n) is 15.0. The Morgan fingerprint density at radius 1 is 1.04 bits per heavy atom. The van der Waals surface area contributed by atoms with Gasteiger partial charge < -0.3 is 15.4 Å². The molecule has 2 amide bonds. The van der Waals surface area contributed by atoms with Crippen LogP contribution in [0.15, 0.2) is 47.4 Å². The van der Waals surface area contributed by atoms with Crippen LogP contribution in [-0.4, -0.2) is 30.1 Å². The van der Waals surface area contributed by atoms with Crippen molar-refractivity contribution in [3.63, 3.8) is 0 Å². The van der Waals surface area contributed by atoms with E-state index in [4.69, 9.17) is 16.3 Å². The van der Waals surface area contributed by atoms with E-state index in [1.807, 2.05) is 6.26 Å². The lowest BCUT2D eigenvalue weighted by Crippen LogP contribution is -2.30. The number of rotatable bonds is 6. The second-order valence-corrected chi connectivity index (χ2v) is 6.93. The van der Waals surface area contributed by atoms with E-state index in [0.717, 1.165) is 4.90 Å². The van der Waals surface area contributed by atoms with Crippen molar-refractivity contribution in [3.8, 4) is 0 Å². The van der Waals surface area contributed by atoms with Crippen molar-refractivity contribution in [3.05, 3.63) is 53.1 Å². The lowest BCUT2D eigenvalue weighted by molar-refractivity contribution is -0.123. The van der Waals surface area contributed by atoms with Crippen molar-refractivity contribution in [2.45, 2.75) is 24.8 Å². The average molecular weight is 407 g/mol. The molecule has 0 bridgehead atoms. The Morgan fingerprint density at radius 3 is 2.19 bits per heavy atom. The fourth-order valence-corrected chi connectivity index (χ4v) is 2.78. The molecule has 0 radical (unpaired) electrons. The van der Waals surface area contributed by atoms with Crippen LogP contribution in [0.5, 0.6) is 0 Å². The quantitative estimate of drug-likeness (QED) is 0.554. The highest BCUT2D eigenvalue weighted by Crippen LogP contribution is 2.24. The number of anilines is 2. The molecule has 2 aromatic rings. The van der Waals surface area contributed by atoms with Gasteiger partial charge in [0.15, 0.2) is 6.10 Å². The molecule has 0 fully saturated rings. The van der Waals surface area contributed by atoms with Crippen LogP contribution in [0.4, 0.5) is 11.4 Å². The smallest absolute Gasteiger partial charge is 0.340 e. The van der Waals surface area contributed by atoms with E-state index in [1.54, 1.807) is 42.5 Å². The van der Waals surface area contributed by atoms with Crippen LogP contribution in [0.3, 0.4) is 0 Å². The molecule has 2 N–H and O–H groups in total. The van der Waals surface area contributed by atoms with E-state index in [2.05, 4.69) is 10.6 Å². The third-order valence-electron chi connectivity index (χ3n) is 3.52. The van der Waals surface area contributed by atoms with Crippen molar-refractivity contribution >= 4 is 52.5 Å². The third kappa shape index (κ3) is 6.01. The minimum absolute atomic E-state index is 0.184. The number of thioether (sulfide) groups is 1. The Hall–Kier alpha value is -2.51. The number of nitrogens with one attached hydrogen (secondary N) is 2. The number of halogens is 1. The van der Waals surface area contributed by atoms with Gasteiger partial charge >= 0.3 is 5.97 Å². The predicted octanol–water partition coefficient (Wildman–Crippen LogP) is 4.20. The highest BCUT2D eigenvalue weighted by molar-refractivity contribution is 7.98. The van der Waals surface area contributed by atoms with Crippen molar-refractivity contribution in [1.82, 2.24) is 0 Å². The number of benzene rings is 2. The van der Waals surface area contributed by atoms with Crippen LogP contribution in [0.2, 0.25) is 5.02 Å². The van der Waals surface area contributed by atoms with Crippen LogP contribution in [0.25, 0.3) is 0 Å². The van der Waals surface area contributed by atoms with Crippen molar-refractivity contribution < 1.29 is 19.1 Å². The first-order valence-electron chi connectivity index (χ1n) is 8.03. The fraction of sp³-hybridized carbons (Fsp3) is 0.211. The largest absolute Gasteiger partial charge is 0.449 e. The van der Waals surface area contributed by atoms with E-state index in [-0.39, 0.29) is 16.5 Å². The molecule has 0 aromatic heterocycles. The van der Waals surface area contributed by atoms with Gasteiger partial charge in [-0.1, -0.05) is 11.6 Å². The molecule has 0 spiro atoms. The van der Waals surface area contributed by atoms with Crippen molar-refractivity contribution in [1.29, 1.82) is 0 Å². The minimum Gasteiger partial charge on any atom is -0.449 e. The highest BCUT2D eigenvalue weighted by Gasteiger charge is 2.21. The number of hydrogen-bond acceptors (Lipinski definition) is 5. The molecule has 142 valence electrons. The lowest BCUT2D eigenvalue weighted by Gasteiger charge is -2.14. The lowest BCUT2D eigenvalue weighted by atomic mass is 10.2. The molecule has 2 rings (SSSR count). The van der Waals surface area contributed by atoms with E-state index in [9.17, 15) is 14.4 Å². The fourth-order valence-electron chi connectivity index (χ4n) is 2.15. The van der Waals surface area contributed by atoms with Crippen molar-refractivity contribution in [2.75, 3.05) is 16.9 Å². The summed E-state index contributed by atoms with van der Waals surface area (Å²) in [6.45, 7) is 2.89. The Bertz CT molecular complexity index is 855. The van der Waals surface area contributed by atoms with E-state index in [0.29, 0.717) is 11.4 Å². The monoisotopic (exact) mass is 406 g/mol. The summed E-state index contributed by atoms with van der Waals surface area (Å²) in [6.07, 6.45) is 0.868. The van der Waals surface area contributed by atoms with E-state index in [1.165, 1.54) is 25.6 Å².